The third-order valence-corrected chi connectivity index (χ3v) is 1.93. The molecule has 0 aliphatic rings. The molecule has 0 spiro atoms. The molecule has 0 heterocycles. The molecule has 0 radical (unpaired) electrons. The van der Waals surface area contributed by atoms with Crippen molar-refractivity contribution >= 4 is 7.82 Å². The van der Waals surface area contributed by atoms with Crippen molar-refractivity contribution in [2.45, 2.75) is 18.3 Å². The molecule has 14 heavy (non-hydrogen) atoms. The lowest BCUT2D eigenvalue weighted by molar-refractivity contribution is -0.0717. The van der Waals surface area contributed by atoms with Gasteiger partial charge in [0.05, 0.1) is 12.7 Å². The van der Waals surface area contributed by atoms with Crippen LogP contribution in [-0.4, -0.2) is 56.6 Å². The molecular formula is C5H14NO7P. The van der Waals surface area contributed by atoms with Crippen molar-refractivity contribution in [3.05, 3.63) is 0 Å². The van der Waals surface area contributed by atoms with E-state index in [1.807, 2.05) is 0 Å². The molecule has 0 aromatic rings. The van der Waals surface area contributed by atoms with Crippen LogP contribution in [0.2, 0.25) is 0 Å². The number of phosphoric acid groups is 1. The molecule has 0 bridgehead atoms. The van der Waals surface area contributed by atoms with Crippen molar-refractivity contribution in [1.82, 2.24) is 0 Å². The summed E-state index contributed by atoms with van der Waals surface area (Å²) in [6.07, 6.45) is -4.59. The second-order valence-electron chi connectivity index (χ2n) is 2.65. The number of aliphatic hydroxyl groups is 3. The number of phosphoric ester groups is 1. The summed E-state index contributed by atoms with van der Waals surface area (Å²) in [5.41, 5.74) is 4.98. The Hall–Kier alpha value is -0.0500. The molecular weight excluding hydrogens is 217 g/mol. The fourth-order valence-electron chi connectivity index (χ4n) is 0.668. The Balaban J connectivity index is 3.96. The van der Waals surface area contributed by atoms with Crippen molar-refractivity contribution in [2.24, 2.45) is 5.73 Å². The monoisotopic (exact) mass is 231 g/mol. The maximum absolute atomic E-state index is 10.2. The highest BCUT2D eigenvalue weighted by atomic mass is 31.2. The normalized spacial score (nSPS) is 19.0. The van der Waals surface area contributed by atoms with Crippen LogP contribution in [0.4, 0.5) is 0 Å². The van der Waals surface area contributed by atoms with E-state index >= 15 is 0 Å². The fourth-order valence-corrected chi connectivity index (χ4v) is 1.01. The minimum Gasteiger partial charge on any atom is -0.389 e. The van der Waals surface area contributed by atoms with Gasteiger partial charge in [-0.1, -0.05) is 0 Å². The zero-order valence-corrected chi connectivity index (χ0v) is 8.12. The summed E-state index contributed by atoms with van der Waals surface area (Å²) in [4.78, 5) is 16.5. The van der Waals surface area contributed by atoms with Gasteiger partial charge in [-0.2, -0.15) is 0 Å². The molecule has 0 saturated carbocycles. The Labute approximate surface area is 80.2 Å². The number of hydrogen-bond donors (Lipinski definition) is 6. The van der Waals surface area contributed by atoms with Gasteiger partial charge in [-0.05, 0) is 0 Å². The molecule has 0 fully saturated rings. The van der Waals surface area contributed by atoms with Gasteiger partial charge in [-0.25, -0.2) is 4.57 Å². The molecule has 0 amide bonds. The Kier molecular flexibility index (Phi) is 5.72. The van der Waals surface area contributed by atoms with Gasteiger partial charge in [0, 0.05) is 6.54 Å². The summed E-state index contributed by atoms with van der Waals surface area (Å²) in [5.74, 6) is 0. The van der Waals surface area contributed by atoms with Crippen LogP contribution in [0.15, 0.2) is 0 Å². The molecule has 0 aromatic heterocycles. The first-order valence-corrected chi connectivity index (χ1v) is 5.25. The van der Waals surface area contributed by atoms with Gasteiger partial charge in [0.2, 0.25) is 0 Å². The third-order valence-electron chi connectivity index (χ3n) is 1.44. The minimum absolute atomic E-state index is 0.284. The van der Waals surface area contributed by atoms with Gasteiger partial charge >= 0.3 is 7.82 Å². The van der Waals surface area contributed by atoms with E-state index in [4.69, 9.17) is 30.8 Å². The topological polar surface area (TPSA) is 153 Å². The van der Waals surface area contributed by atoms with Crippen LogP contribution >= 0.6 is 7.82 Å². The molecule has 0 aliphatic carbocycles. The Bertz CT molecular complexity index is 206. The largest absolute Gasteiger partial charge is 0.469 e. The summed E-state index contributed by atoms with van der Waals surface area (Å²) in [7, 11) is -4.68. The second-order valence-corrected chi connectivity index (χ2v) is 3.89. The Morgan fingerprint density at radius 2 is 1.71 bits per heavy atom. The molecule has 7 N–H and O–H groups in total. The first-order valence-electron chi connectivity index (χ1n) is 3.72. The molecule has 0 rings (SSSR count). The lowest BCUT2D eigenvalue weighted by atomic mass is 10.1. The van der Waals surface area contributed by atoms with Gasteiger partial charge in [0.1, 0.15) is 12.2 Å². The number of aliphatic hydroxyl groups excluding tert-OH is 3. The van der Waals surface area contributed by atoms with E-state index in [0.717, 1.165) is 0 Å². The highest BCUT2D eigenvalue weighted by molar-refractivity contribution is 7.46. The highest BCUT2D eigenvalue weighted by Crippen LogP contribution is 2.35. The van der Waals surface area contributed by atoms with Gasteiger partial charge < -0.3 is 30.8 Å². The van der Waals surface area contributed by atoms with Crippen LogP contribution in [0.1, 0.15) is 0 Å². The summed E-state index contributed by atoms with van der Waals surface area (Å²) < 4.78 is 14.1. The fraction of sp³-hybridized carbons (Fsp3) is 1.00. The van der Waals surface area contributed by atoms with E-state index in [9.17, 15) is 4.57 Å². The zero-order chi connectivity index (χ0) is 11.4. The van der Waals surface area contributed by atoms with E-state index in [0.29, 0.717) is 0 Å². The first kappa shape index (κ1) is 13.9. The number of nitrogens with two attached hydrogens (primary N) is 1. The summed E-state index contributed by atoms with van der Waals surface area (Å²) >= 11 is 0. The van der Waals surface area contributed by atoms with Crippen molar-refractivity contribution in [3.63, 3.8) is 0 Å². The molecule has 0 aliphatic heterocycles. The Morgan fingerprint density at radius 3 is 2.07 bits per heavy atom. The average molecular weight is 231 g/mol. The van der Waals surface area contributed by atoms with E-state index in [1.165, 1.54) is 0 Å². The van der Waals surface area contributed by atoms with E-state index in [-0.39, 0.29) is 6.54 Å². The SMILES string of the molecule is NC[C@@H](O)[C@@H](O)[C@@H](O)COP(=O)(O)O. The molecule has 0 saturated heterocycles. The molecule has 8 nitrogen and oxygen atoms in total. The van der Waals surface area contributed by atoms with Crippen LogP contribution in [0, 0.1) is 0 Å². The lowest BCUT2D eigenvalue weighted by Gasteiger charge is -2.21. The van der Waals surface area contributed by atoms with Crippen molar-refractivity contribution < 1.29 is 34.2 Å². The minimum atomic E-state index is -4.68. The van der Waals surface area contributed by atoms with Crippen molar-refractivity contribution in [3.8, 4) is 0 Å². The second kappa shape index (κ2) is 5.74. The van der Waals surface area contributed by atoms with Gasteiger partial charge in [0.25, 0.3) is 0 Å². The molecule has 0 unspecified atom stereocenters. The summed E-state index contributed by atoms with van der Waals surface area (Å²) in [6.45, 7) is -1.07. The van der Waals surface area contributed by atoms with E-state index in [2.05, 4.69) is 4.52 Å². The maximum Gasteiger partial charge on any atom is 0.469 e. The predicted molar refractivity (Wildman–Crippen MR) is 45.1 cm³/mol. The van der Waals surface area contributed by atoms with Crippen LogP contribution in [0.5, 0.6) is 0 Å². The van der Waals surface area contributed by atoms with Crippen LogP contribution in [0.25, 0.3) is 0 Å². The molecule has 9 heteroatoms. The van der Waals surface area contributed by atoms with Crippen LogP contribution in [-0.2, 0) is 9.09 Å². The molecule has 0 aromatic carbocycles. The van der Waals surface area contributed by atoms with Gasteiger partial charge in [-0.15, -0.1) is 0 Å². The first-order chi connectivity index (χ1) is 6.28. The quantitative estimate of drug-likeness (QED) is 0.267. The van der Waals surface area contributed by atoms with Gasteiger partial charge in [-0.3, -0.25) is 4.52 Å². The molecule has 3 atom stereocenters. The van der Waals surface area contributed by atoms with E-state index < -0.39 is 32.7 Å². The third kappa shape index (κ3) is 5.63. The average Bonchev–Trinajstić information content (AvgIpc) is 2.10. The Morgan fingerprint density at radius 1 is 1.21 bits per heavy atom. The molecule has 86 valence electrons. The zero-order valence-electron chi connectivity index (χ0n) is 7.22. The maximum atomic E-state index is 10.2. The summed E-state index contributed by atoms with van der Waals surface area (Å²) in [6, 6.07) is 0. The lowest BCUT2D eigenvalue weighted by Crippen LogP contribution is -2.43. The number of rotatable bonds is 6. The number of hydrogen-bond acceptors (Lipinski definition) is 6. The summed E-state index contributed by atoms with van der Waals surface area (Å²) in [5, 5.41) is 27.1. The van der Waals surface area contributed by atoms with Crippen molar-refractivity contribution in [1.29, 1.82) is 0 Å². The predicted octanol–water partition coefficient (Wildman–Crippen LogP) is -2.86. The standard InChI is InChI=1S/C5H14NO7P/c6-1-3(7)5(9)4(8)2-13-14(10,11)12/h3-5,7-9H,1-2,6H2,(H2,10,11,12)/t3-,4+,5-/m1/s1. The van der Waals surface area contributed by atoms with Crippen molar-refractivity contribution in [2.75, 3.05) is 13.2 Å². The van der Waals surface area contributed by atoms with E-state index in [1.54, 1.807) is 0 Å². The van der Waals surface area contributed by atoms with Crippen LogP contribution < -0.4 is 5.73 Å². The smallest absolute Gasteiger partial charge is 0.389 e. The highest BCUT2D eigenvalue weighted by Gasteiger charge is 2.26. The van der Waals surface area contributed by atoms with Crippen LogP contribution in [0.3, 0.4) is 0 Å². The van der Waals surface area contributed by atoms with Gasteiger partial charge in [0.15, 0.2) is 0 Å².